The van der Waals surface area contributed by atoms with Gasteiger partial charge < -0.3 is 28.8 Å². The number of aliphatic hydroxyl groups is 1. The van der Waals surface area contributed by atoms with Crippen LogP contribution in [0.5, 0.6) is 0 Å². The van der Waals surface area contributed by atoms with Crippen LogP contribution in [0.4, 0.5) is 0 Å². The van der Waals surface area contributed by atoms with Gasteiger partial charge >= 0.3 is 0 Å². The van der Waals surface area contributed by atoms with E-state index in [9.17, 15) is 0 Å². The molecule has 120 valence electrons. The molecule has 0 heterocycles. The van der Waals surface area contributed by atoms with Gasteiger partial charge in [-0.15, -0.1) is 0 Å². The lowest BCUT2D eigenvalue weighted by Gasteiger charge is -1.97. The molecule has 20 heavy (non-hydrogen) atoms. The third kappa shape index (κ3) is 25.8. The third-order valence-corrected chi connectivity index (χ3v) is 1.76. The van der Waals surface area contributed by atoms with Crippen molar-refractivity contribution in [3.8, 4) is 0 Å². The summed E-state index contributed by atoms with van der Waals surface area (Å²) < 4.78 is 24.0. The Morgan fingerprint density at radius 3 is 1.80 bits per heavy atom. The molecule has 0 aliphatic rings. The molecule has 0 aromatic rings. The molecule has 0 rings (SSSR count). The summed E-state index contributed by atoms with van der Waals surface area (Å²) in [5.74, 6) is 0. The summed E-state index contributed by atoms with van der Waals surface area (Å²) in [5.41, 5.74) is 0. The molecule has 1 N–H and O–H groups in total. The van der Waals surface area contributed by atoms with E-state index in [-0.39, 0.29) is 6.61 Å². The van der Waals surface area contributed by atoms with Crippen molar-refractivity contribution in [3.63, 3.8) is 0 Å². The highest BCUT2D eigenvalue weighted by atomic mass is 16.7. The van der Waals surface area contributed by atoms with Gasteiger partial charge in [0.2, 0.25) is 0 Å². The number of hydrogen-bond donors (Lipinski definition) is 1. The Morgan fingerprint density at radius 2 is 1.35 bits per heavy atom. The highest BCUT2D eigenvalue weighted by Crippen LogP contribution is 1.85. The van der Waals surface area contributed by atoms with Gasteiger partial charge in [-0.1, -0.05) is 12.2 Å². The second kappa shape index (κ2) is 23.2. The monoisotopic (exact) mass is 292 g/mol. The molecule has 0 saturated heterocycles. The minimum Gasteiger partial charge on any atom is -0.505 e. The van der Waals surface area contributed by atoms with Gasteiger partial charge in [-0.25, -0.2) is 0 Å². The van der Waals surface area contributed by atoms with Crippen LogP contribution in [0, 0.1) is 0 Å². The van der Waals surface area contributed by atoms with E-state index >= 15 is 0 Å². The van der Waals surface area contributed by atoms with Crippen LogP contribution in [-0.4, -0.2) is 59.8 Å². The lowest BCUT2D eigenvalue weighted by Crippen LogP contribution is -1.96. The van der Waals surface area contributed by atoms with Crippen molar-refractivity contribution in [1.82, 2.24) is 0 Å². The lowest BCUT2D eigenvalue weighted by atomic mass is 10.4. The summed E-state index contributed by atoms with van der Waals surface area (Å²) in [6.07, 6.45) is 8.78. The predicted molar refractivity (Wildman–Crippen MR) is 77.3 cm³/mol. The molecular weight excluding hydrogens is 264 g/mol. The van der Waals surface area contributed by atoms with E-state index in [0.29, 0.717) is 26.8 Å². The molecule has 0 fully saturated rings. The standard InChI is InChI=1S/2C7H14O3/c1-8-5-3-4-6-10-7-9-2;1-9-7-10-6-4-2-3-5-8/h3,5H,4,6-7H2,1-2H3;2-3,8H,4-7H2,1H3/b5-3+;3-2+. The maximum Gasteiger partial charge on any atom is 0.146 e. The molecule has 0 aliphatic carbocycles. The highest BCUT2D eigenvalue weighted by Gasteiger charge is 1.81. The molecule has 0 aliphatic heterocycles. The number of ether oxygens (including phenoxy) is 5. The topological polar surface area (TPSA) is 66.4 Å². The Labute approximate surface area is 121 Å². The molecule has 0 aromatic heterocycles. The molecule has 6 nitrogen and oxygen atoms in total. The quantitative estimate of drug-likeness (QED) is 0.256. The summed E-state index contributed by atoms with van der Waals surface area (Å²) >= 11 is 0. The molecule has 0 spiro atoms. The Hall–Kier alpha value is -0.920. The van der Waals surface area contributed by atoms with Gasteiger partial charge in [0.1, 0.15) is 13.6 Å². The fraction of sp³-hybridized carbons (Fsp3) is 0.714. The fourth-order valence-electron chi connectivity index (χ4n) is 0.944. The van der Waals surface area contributed by atoms with Crippen LogP contribution in [0.3, 0.4) is 0 Å². The summed E-state index contributed by atoms with van der Waals surface area (Å²) in [7, 11) is 4.81. The van der Waals surface area contributed by atoms with Crippen LogP contribution in [0.25, 0.3) is 0 Å². The SMILES string of the molecule is CO/C=C/CCOCOC.COCOCC/C=C/CO. The fourth-order valence-corrected chi connectivity index (χ4v) is 0.944. The van der Waals surface area contributed by atoms with Gasteiger partial charge in [0.15, 0.2) is 0 Å². The van der Waals surface area contributed by atoms with Crippen molar-refractivity contribution in [2.24, 2.45) is 0 Å². The van der Waals surface area contributed by atoms with Crippen LogP contribution in [-0.2, 0) is 23.7 Å². The Morgan fingerprint density at radius 1 is 0.800 bits per heavy atom. The maximum absolute atomic E-state index is 8.32. The number of methoxy groups -OCH3 is 3. The zero-order valence-electron chi connectivity index (χ0n) is 12.7. The minimum absolute atomic E-state index is 0.101. The first-order valence-electron chi connectivity index (χ1n) is 6.40. The predicted octanol–water partition coefficient (Wildman–Crippen LogP) is 1.70. The Bertz CT molecular complexity index is 184. The first kappa shape index (κ1) is 21.4. The van der Waals surface area contributed by atoms with E-state index in [2.05, 4.69) is 14.2 Å². The van der Waals surface area contributed by atoms with E-state index < -0.39 is 0 Å². The average Bonchev–Trinajstić information content (AvgIpc) is 2.47. The van der Waals surface area contributed by atoms with Gasteiger partial charge in [-0.2, -0.15) is 0 Å². The number of hydrogen-bond acceptors (Lipinski definition) is 6. The van der Waals surface area contributed by atoms with Crippen molar-refractivity contribution in [2.45, 2.75) is 12.8 Å². The van der Waals surface area contributed by atoms with Crippen molar-refractivity contribution < 1.29 is 28.8 Å². The van der Waals surface area contributed by atoms with Gasteiger partial charge in [0, 0.05) is 14.2 Å². The number of aliphatic hydroxyl groups excluding tert-OH is 1. The van der Waals surface area contributed by atoms with Crippen LogP contribution in [0.2, 0.25) is 0 Å². The molecule has 0 amide bonds. The van der Waals surface area contributed by atoms with Crippen LogP contribution >= 0.6 is 0 Å². The molecule has 0 unspecified atom stereocenters. The zero-order valence-corrected chi connectivity index (χ0v) is 12.7. The summed E-state index contributed by atoms with van der Waals surface area (Å²) in [5, 5.41) is 8.32. The summed E-state index contributed by atoms with van der Waals surface area (Å²) in [4.78, 5) is 0. The molecule has 0 aromatic carbocycles. The van der Waals surface area contributed by atoms with E-state index in [0.717, 1.165) is 12.8 Å². The minimum atomic E-state index is 0.101. The van der Waals surface area contributed by atoms with E-state index in [1.807, 2.05) is 12.2 Å². The van der Waals surface area contributed by atoms with Crippen molar-refractivity contribution in [1.29, 1.82) is 0 Å². The van der Waals surface area contributed by atoms with Gasteiger partial charge in [0.25, 0.3) is 0 Å². The van der Waals surface area contributed by atoms with E-state index in [1.54, 1.807) is 33.7 Å². The second-order valence-corrected chi connectivity index (χ2v) is 3.47. The first-order chi connectivity index (χ1) is 9.83. The Balaban J connectivity index is 0. The van der Waals surface area contributed by atoms with Crippen molar-refractivity contribution >= 4 is 0 Å². The molecular formula is C14H28O6. The summed E-state index contributed by atoms with van der Waals surface area (Å²) in [6.45, 7) is 2.12. The highest BCUT2D eigenvalue weighted by molar-refractivity contribution is 4.80. The number of rotatable bonds is 12. The molecule has 0 saturated carbocycles. The maximum atomic E-state index is 8.32. The van der Waals surface area contributed by atoms with Gasteiger partial charge in [0.05, 0.1) is 33.2 Å². The van der Waals surface area contributed by atoms with Crippen LogP contribution in [0.1, 0.15) is 12.8 Å². The van der Waals surface area contributed by atoms with Gasteiger partial charge in [-0.05, 0) is 18.9 Å². The third-order valence-electron chi connectivity index (χ3n) is 1.76. The molecule has 0 bridgehead atoms. The zero-order chi connectivity index (χ0) is 15.3. The van der Waals surface area contributed by atoms with Crippen molar-refractivity contribution in [2.75, 3.05) is 54.7 Å². The smallest absolute Gasteiger partial charge is 0.146 e. The van der Waals surface area contributed by atoms with E-state index in [1.165, 1.54) is 0 Å². The largest absolute Gasteiger partial charge is 0.505 e. The van der Waals surface area contributed by atoms with Crippen LogP contribution in [0.15, 0.2) is 24.5 Å². The molecule has 0 radical (unpaired) electrons. The molecule has 6 heteroatoms. The van der Waals surface area contributed by atoms with E-state index in [4.69, 9.17) is 14.6 Å². The van der Waals surface area contributed by atoms with Gasteiger partial charge in [-0.3, -0.25) is 0 Å². The van der Waals surface area contributed by atoms with Crippen molar-refractivity contribution in [3.05, 3.63) is 24.5 Å². The summed E-state index contributed by atoms with van der Waals surface area (Å²) in [6, 6.07) is 0. The normalized spacial score (nSPS) is 10.8. The Kier molecular flexibility index (Phi) is 24.8. The first-order valence-corrected chi connectivity index (χ1v) is 6.40. The second-order valence-electron chi connectivity index (χ2n) is 3.47. The molecule has 0 atom stereocenters. The lowest BCUT2D eigenvalue weighted by molar-refractivity contribution is -0.0287. The average molecular weight is 292 g/mol. The van der Waals surface area contributed by atoms with Crippen LogP contribution < -0.4 is 0 Å².